The molecule has 1 N–H and O–H groups in total. The number of rotatable bonds is 7. The SMILES string of the molecule is CCC(CC(=O)N1CCC(n2c(=O)[nH]c3ncccc32)CC1)[C@@H]1CC[C@@H](c2cccc(F)c2F)CN(CF)C1=O. The lowest BCUT2D eigenvalue weighted by Crippen LogP contribution is -2.43. The number of halogens is 3. The zero-order valence-electron chi connectivity index (χ0n) is 22.5. The zero-order chi connectivity index (χ0) is 28.4. The molecule has 1 aromatic carbocycles. The number of alkyl halides is 1. The van der Waals surface area contributed by atoms with E-state index in [1.54, 1.807) is 21.7 Å². The smallest absolute Gasteiger partial charge is 0.327 e. The van der Waals surface area contributed by atoms with Crippen LogP contribution < -0.4 is 5.69 Å². The van der Waals surface area contributed by atoms with E-state index in [2.05, 4.69) is 9.97 Å². The number of carbonyl (C=O) groups excluding carboxylic acids is 2. The second-order valence-corrected chi connectivity index (χ2v) is 10.9. The first-order chi connectivity index (χ1) is 19.3. The Morgan fingerprint density at radius 3 is 2.60 bits per heavy atom. The normalized spacial score (nSPS) is 21.6. The van der Waals surface area contributed by atoms with Crippen molar-refractivity contribution in [2.75, 3.05) is 26.4 Å². The molecular formula is C29H34F3N5O3. The number of likely N-dealkylation sites (tertiary alicyclic amines) is 2. The molecule has 8 nitrogen and oxygen atoms in total. The fraction of sp³-hybridized carbons (Fsp3) is 0.517. The third-order valence-electron chi connectivity index (χ3n) is 8.66. The molecule has 0 radical (unpaired) electrons. The molecular weight excluding hydrogens is 523 g/mol. The summed E-state index contributed by atoms with van der Waals surface area (Å²) < 4.78 is 44.1. The minimum atomic E-state index is -1.02. The second-order valence-electron chi connectivity index (χ2n) is 10.9. The van der Waals surface area contributed by atoms with Crippen LogP contribution in [0.15, 0.2) is 41.3 Å². The van der Waals surface area contributed by atoms with E-state index in [-0.39, 0.29) is 48.0 Å². The standard InChI is InChI=1S/C29H34F3N5O3/c1-2-18(22-9-8-19(16-36(17-30)28(22)39)21-5-3-6-23(31)26(21)32)15-25(38)35-13-10-20(11-14-35)37-24-7-4-12-33-27(24)34-29(37)40/h3-7,12,18-20,22H,2,8-11,13-17H2,1H3,(H,33,34,40)/t18?,19-,22+/m1/s1. The third kappa shape index (κ3) is 5.38. The Hall–Kier alpha value is -3.63. The number of amides is 2. The molecule has 2 fully saturated rings. The molecule has 0 aliphatic carbocycles. The monoisotopic (exact) mass is 557 g/mol. The van der Waals surface area contributed by atoms with E-state index in [1.807, 2.05) is 13.0 Å². The van der Waals surface area contributed by atoms with Crippen LogP contribution in [0.25, 0.3) is 11.2 Å². The first-order valence-corrected chi connectivity index (χ1v) is 13.9. The van der Waals surface area contributed by atoms with Gasteiger partial charge in [-0.3, -0.25) is 19.1 Å². The first kappa shape index (κ1) is 27.9. The van der Waals surface area contributed by atoms with Gasteiger partial charge in [0, 0.05) is 50.1 Å². The van der Waals surface area contributed by atoms with Gasteiger partial charge in [-0.25, -0.2) is 22.9 Å². The van der Waals surface area contributed by atoms with Crippen LogP contribution in [-0.2, 0) is 9.59 Å². The average molecular weight is 558 g/mol. The molecule has 0 bridgehead atoms. The van der Waals surface area contributed by atoms with Gasteiger partial charge in [0.2, 0.25) is 11.8 Å². The van der Waals surface area contributed by atoms with Gasteiger partial charge in [0.1, 0.15) is 0 Å². The Kier molecular flexibility index (Phi) is 8.27. The van der Waals surface area contributed by atoms with Gasteiger partial charge in [-0.15, -0.1) is 0 Å². The van der Waals surface area contributed by atoms with E-state index in [9.17, 15) is 27.6 Å². The molecule has 2 aliphatic rings. The van der Waals surface area contributed by atoms with Gasteiger partial charge in [-0.05, 0) is 55.4 Å². The van der Waals surface area contributed by atoms with Crippen LogP contribution >= 0.6 is 0 Å². The number of hydrogen-bond acceptors (Lipinski definition) is 4. The molecule has 214 valence electrons. The van der Waals surface area contributed by atoms with Crippen molar-refractivity contribution in [2.45, 2.75) is 57.4 Å². The predicted octanol–water partition coefficient (Wildman–Crippen LogP) is 4.53. The highest BCUT2D eigenvalue weighted by molar-refractivity contribution is 5.82. The summed E-state index contributed by atoms with van der Waals surface area (Å²) in [7, 11) is 0. The van der Waals surface area contributed by atoms with Gasteiger partial charge >= 0.3 is 5.69 Å². The summed E-state index contributed by atoms with van der Waals surface area (Å²) in [5, 5.41) is 0. The number of pyridine rings is 1. The van der Waals surface area contributed by atoms with Crippen LogP contribution in [0.2, 0.25) is 0 Å². The maximum absolute atomic E-state index is 14.5. The highest BCUT2D eigenvalue weighted by Gasteiger charge is 2.38. The molecule has 2 aromatic heterocycles. The molecule has 3 aromatic rings. The highest BCUT2D eigenvalue weighted by Crippen LogP contribution is 2.37. The maximum Gasteiger partial charge on any atom is 0.327 e. The molecule has 1 unspecified atom stereocenters. The van der Waals surface area contributed by atoms with E-state index in [0.717, 1.165) is 16.5 Å². The van der Waals surface area contributed by atoms with Crippen LogP contribution in [0.3, 0.4) is 0 Å². The summed E-state index contributed by atoms with van der Waals surface area (Å²) in [5.41, 5.74) is 1.20. The number of imidazole rings is 1. The second kappa shape index (κ2) is 11.9. The zero-order valence-corrected chi connectivity index (χ0v) is 22.5. The lowest BCUT2D eigenvalue weighted by Gasteiger charge is -2.34. The number of benzene rings is 1. The quantitative estimate of drug-likeness (QED) is 0.432. The number of aromatic nitrogens is 3. The Balaban J connectivity index is 1.25. The Labute approximate surface area is 230 Å². The molecule has 40 heavy (non-hydrogen) atoms. The average Bonchev–Trinajstić information content (AvgIpc) is 3.21. The van der Waals surface area contributed by atoms with Crippen LogP contribution in [0.4, 0.5) is 13.2 Å². The minimum absolute atomic E-state index is 0.0349. The molecule has 2 amide bonds. The van der Waals surface area contributed by atoms with Crippen LogP contribution in [0, 0.1) is 23.5 Å². The number of H-pyrrole nitrogens is 1. The summed E-state index contributed by atoms with van der Waals surface area (Å²) in [6.07, 6.45) is 4.30. The highest BCUT2D eigenvalue weighted by atomic mass is 19.2. The van der Waals surface area contributed by atoms with Gasteiger partial charge in [-0.2, -0.15) is 0 Å². The van der Waals surface area contributed by atoms with Crippen molar-refractivity contribution in [1.29, 1.82) is 0 Å². The summed E-state index contributed by atoms with van der Waals surface area (Å²) in [4.78, 5) is 49.1. The predicted molar refractivity (Wildman–Crippen MR) is 143 cm³/mol. The molecule has 2 saturated heterocycles. The molecule has 11 heteroatoms. The number of aromatic amines is 1. The fourth-order valence-electron chi connectivity index (χ4n) is 6.44. The number of nitrogens with zero attached hydrogens (tertiary/aromatic N) is 4. The van der Waals surface area contributed by atoms with Gasteiger partial charge < -0.3 is 9.80 Å². The Morgan fingerprint density at radius 2 is 1.88 bits per heavy atom. The lowest BCUT2D eigenvalue weighted by atomic mass is 9.81. The van der Waals surface area contributed by atoms with Crippen LogP contribution in [0.1, 0.15) is 63.0 Å². The van der Waals surface area contributed by atoms with Crippen molar-refractivity contribution in [3.05, 3.63) is 64.2 Å². The summed E-state index contributed by atoms with van der Waals surface area (Å²) in [6, 6.07) is 7.51. The minimum Gasteiger partial charge on any atom is -0.343 e. The van der Waals surface area contributed by atoms with Crippen LogP contribution in [-0.4, -0.2) is 62.6 Å². The van der Waals surface area contributed by atoms with Crippen molar-refractivity contribution in [3.63, 3.8) is 0 Å². The van der Waals surface area contributed by atoms with Crippen molar-refractivity contribution in [3.8, 4) is 0 Å². The molecule has 5 rings (SSSR count). The van der Waals surface area contributed by atoms with E-state index in [1.165, 1.54) is 12.1 Å². The van der Waals surface area contributed by atoms with Gasteiger partial charge in [0.25, 0.3) is 0 Å². The van der Waals surface area contributed by atoms with E-state index < -0.39 is 30.3 Å². The number of hydrogen-bond donors (Lipinski definition) is 1. The van der Waals surface area contributed by atoms with Gasteiger partial charge in [0.05, 0.1) is 5.52 Å². The molecule has 2 aliphatic heterocycles. The number of carbonyl (C=O) groups is 2. The van der Waals surface area contributed by atoms with Crippen molar-refractivity contribution < 1.29 is 22.8 Å². The number of nitrogens with one attached hydrogen (secondary N) is 1. The first-order valence-electron chi connectivity index (χ1n) is 13.9. The Morgan fingerprint density at radius 1 is 1.10 bits per heavy atom. The lowest BCUT2D eigenvalue weighted by molar-refractivity contribution is -0.140. The summed E-state index contributed by atoms with van der Waals surface area (Å²) in [5.74, 6) is -3.80. The van der Waals surface area contributed by atoms with Crippen LogP contribution in [0.5, 0.6) is 0 Å². The topological polar surface area (TPSA) is 91.3 Å². The van der Waals surface area contributed by atoms with E-state index in [0.29, 0.717) is 50.8 Å². The van der Waals surface area contributed by atoms with Crippen molar-refractivity contribution >= 4 is 23.0 Å². The largest absolute Gasteiger partial charge is 0.343 e. The molecule has 0 saturated carbocycles. The van der Waals surface area contributed by atoms with Gasteiger partial charge in [0.15, 0.2) is 24.1 Å². The molecule has 3 atom stereocenters. The van der Waals surface area contributed by atoms with E-state index >= 15 is 0 Å². The van der Waals surface area contributed by atoms with Crippen molar-refractivity contribution in [1.82, 2.24) is 24.3 Å². The Bertz CT molecular complexity index is 1430. The number of piperidine rings is 1. The van der Waals surface area contributed by atoms with E-state index in [4.69, 9.17) is 0 Å². The molecule has 4 heterocycles. The maximum atomic E-state index is 14.5. The summed E-state index contributed by atoms with van der Waals surface area (Å²) in [6.45, 7) is 1.81. The summed E-state index contributed by atoms with van der Waals surface area (Å²) >= 11 is 0. The van der Waals surface area contributed by atoms with Gasteiger partial charge in [-0.1, -0.05) is 25.5 Å². The number of fused-ring (bicyclic) bond motifs is 1. The molecule has 0 spiro atoms. The fourth-order valence-corrected chi connectivity index (χ4v) is 6.44. The third-order valence-corrected chi connectivity index (χ3v) is 8.66. The van der Waals surface area contributed by atoms with Crippen molar-refractivity contribution in [2.24, 2.45) is 11.8 Å².